The number of anilines is 1. The molecule has 0 saturated carbocycles. The number of rotatable bonds is 5. The molecule has 2 amide bonds. The number of carbonyl (C=O) groups excluding carboxylic acids is 1. The summed E-state index contributed by atoms with van der Waals surface area (Å²) in [5.41, 5.74) is 1.47. The van der Waals surface area contributed by atoms with Crippen LogP contribution in [-0.2, 0) is 17.8 Å². The molecule has 0 saturated heterocycles. The van der Waals surface area contributed by atoms with Crippen molar-refractivity contribution in [2.45, 2.75) is 13.0 Å². The quantitative estimate of drug-likeness (QED) is 0.786. The van der Waals surface area contributed by atoms with Gasteiger partial charge in [-0.05, 0) is 11.1 Å². The Balaban J connectivity index is 1.93. The highest BCUT2D eigenvalue weighted by atomic mass is 32.1. The molecule has 6 nitrogen and oxygen atoms in total. The van der Waals surface area contributed by atoms with Crippen molar-refractivity contribution in [3.8, 4) is 0 Å². The molecule has 104 valence electrons. The second kappa shape index (κ2) is 6.67. The number of carboxylic acid groups (broad SMARTS) is 1. The van der Waals surface area contributed by atoms with E-state index in [0.29, 0.717) is 10.7 Å². The third-order valence-corrected chi connectivity index (χ3v) is 3.24. The maximum absolute atomic E-state index is 11.6. The summed E-state index contributed by atoms with van der Waals surface area (Å²) >= 11 is 1.32. The van der Waals surface area contributed by atoms with Crippen molar-refractivity contribution in [3.05, 3.63) is 47.0 Å². The van der Waals surface area contributed by atoms with Gasteiger partial charge in [0, 0.05) is 18.1 Å². The van der Waals surface area contributed by atoms with Gasteiger partial charge >= 0.3 is 12.0 Å². The minimum Gasteiger partial charge on any atom is -0.481 e. The SMILES string of the molecule is O=C(O)Cc1ccccc1CNC(=O)Nc1nccs1. The minimum absolute atomic E-state index is 0.0635. The Morgan fingerprint density at radius 2 is 2.00 bits per heavy atom. The molecule has 0 aliphatic carbocycles. The van der Waals surface area contributed by atoms with E-state index < -0.39 is 5.97 Å². The zero-order valence-electron chi connectivity index (χ0n) is 10.5. The van der Waals surface area contributed by atoms with Crippen LogP contribution in [0.5, 0.6) is 0 Å². The van der Waals surface area contributed by atoms with Crippen LogP contribution in [0, 0.1) is 0 Å². The Hall–Kier alpha value is -2.41. The molecule has 1 heterocycles. The largest absolute Gasteiger partial charge is 0.481 e. The van der Waals surface area contributed by atoms with E-state index in [9.17, 15) is 9.59 Å². The molecule has 0 spiro atoms. The third kappa shape index (κ3) is 4.06. The number of thiazole rings is 1. The highest BCUT2D eigenvalue weighted by Gasteiger charge is 2.08. The fourth-order valence-corrected chi connectivity index (χ4v) is 2.19. The smallest absolute Gasteiger partial charge is 0.321 e. The van der Waals surface area contributed by atoms with E-state index >= 15 is 0 Å². The van der Waals surface area contributed by atoms with Gasteiger partial charge in [-0.2, -0.15) is 0 Å². The molecule has 0 radical (unpaired) electrons. The Morgan fingerprint density at radius 1 is 1.25 bits per heavy atom. The van der Waals surface area contributed by atoms with Crippen LogP contribution in [0.2, 0.25) is 0 Å². The molecule has 0 aliphatic rings. The summed E-state index contributed by atoms with van der Waals surface area (Å²) < 4.78 is 0. The topological polar surface area (TPSA) is 91.3 Å². The second-order valence-electron chi connectivity index (χ2n) is 3.98. The van der Waals surface area contributed by atoms with E-state index in [1.807, 2.05) is 0 Å². The minimum atomic E-state index is -0.898. The predicted molar refractivity (Wildman–Crippen MR) is 75.8 cm³/mol. The number of hydrogen-bond acceptors (Lipinski definition) is 4. The number of amides is 2. The highest BCUT2D eigenvalue weighted by molar-refractivity contribution is 7.13. The zero-order valence-corrected chi connectivity index (χ0v) is 11.3. The molecule has 2 rings (SSSR count). The molecular formula is C13H13N3O3S. The maximum atomic E-state index is 11.6. The van der Waals surface area contributed by atoms with Gasteiger partial charge in [0.1, 0.15) is 0 Å². The van der Waals surface area contributed by atoms with Gasteiger partial charge in [-0.1, -0.05) is 24.3 Å². The molecule has 0 fully saturated rings. The summed E-state index contributed by atoms with van der Waals surface area (Å²) in [7, 11) is 0. The summed E-state index contributed by atoms with van der Waals surface area (Å²) in [6.45, 7) is 0.265. The molecule has 1 aromatic carbocycles. The van der Waals surface area contributed by atoms with Crippen LogP contribution in [0.4, 0.5) is 9.93 Å². The van der Waals surface area contributed by atoms with Gasteiger partial charge in [0.15, 0.2) is 5.13 Å². The average Bonchev–Trinajstić information content (AvgIpc) is 2.90. The van der Waals surface area contributed by atoms with Crippen LogP contribution < -0.4 is 10.6 Å². The number of carboxylic acids is 1. The number of benzene rings is 1. The zero-order chi connectivity index (χ0) is 14.4. The first-order valence-corrected chi connectivity index (χ1v) is 6.76. The fourth-order valence-electron chi connectivity index (χ4n) is 1.67. The summed E-state index contributed by atoms with van der Waals surface area (Å²) in [5, 5.41) is 16.4. The van der Waals surface area contributed by atoms with E-state index in [1.54, 1.807) is 35.8 Å². The van der Waals surface area contributed by atoms with Gasteiger partial charge in [0.2, 0.25) is 0 Å². The molecule has 3 N–H and O–H groups in total. The number of nitrogens with zero attached hydrogens (tertiary/aromatic N) is 1. The van der Waals surface area contributed by atoms with Gasteiger partial charge in [-0.3, -0.25) is 10.1 Å². The fraction of sp³-hybridized carbons (Fsp3) is 0.154. The van der Waals surface area contributed by atoms with Crippen LogP contribution in [-0.4, -0.2) is 22.1 Å². The van der Waals surface area contributed by atoms with Gasteiger partial charge in [-0.25, -0.2) is 9.78 Å². The summed E-state index contributed by atoms with van der Waals surface area (Å²) in [6.07, 6.45) is 1.54. The van der Waals surface area contributed by atoms with Gasteiger partial charge in [0.25, 0.3) is 0 Å². The first-order chi connectivity index (χ1) is 9.65. The van der Waals surface area contributed by atoms with Crippen LogP contribution in [0.25, 0.3) is 0 Å². The number of nitrogens with one attached hydrogen (secondary N) is 2. The van der Waals surface area contributed by atoms with Crippen molar-refractivity contribution in [3.63, 3.8) is 0 Å². The van der Waals surface area contributed by atoms with Crippen LogP contribution in [0.15, 0.2) is 35.8 Å². The van der Waals surface area contributed by atoms with Crippen molar-refractivity contribution in [1.29, 1.82) is 0 Å². The lowest BCUT2D eigenvalue weighted by Crippen LogP contribution is -2.28. The standard InChI is InChI=1S/C13H13N3O3S/c17-11(18)7-9-3-1-2-4-10(9)8-15-12(19)16-13-14-5-6-20-13/h1-6H,7-8H2,(H,17,18)(H2,14,15,16,19). The molecule has 2 aromatic rings. The third-order valence-electron chi connectivity index (χ3n) is 2.55. The highest BCUT2D eigenvalue weighted by Crippen LogP contribution is 2.11. The van der Waals surface area contributed by atoms with Crippen molar-refractivity contribution >= 4 is 28.5 Å². The number of aliphatic carboxylic acids is 1. The molecule has 20 heavy (non-hydrogen) atoms. The van der Waals surface area contributed by atoms with Gasteiger partial charge in [0.05, 0.1) is 6.42 Å². The lowest BCUT2D eigenvalue weighted by molar-refractivity contribution is -0.136. The summed E-state index contributed by atoms with van der Waals surface area (Å²) in [5.74, 6) is -0.898. The lowest BCUT2D eigenvalue weighted by Gasteiger charge is -2.09. The second-order valence-corrected chi connectivity index (χ2v) is 4.88. The normalized spacial score (nSPS) is 10.0. The van der Waals surface area contributed by atoms with Crippen molar-refractivity contribution < 1.29 is 14.7 Å². The van der Waals surface area contributed by atoms with Crippen molar-refractivity contribution in [2.24, 2.45) is 0 Å². The number of aromatic nitrogens is 1. The van der Waals surface area contributed by atoms with Crippen LogP contribution in [0.1, 0.15) is 11.1 Å². The average molecular weight is 291 g/mol. The molecule has 0 atom stereocenters. The molecule has 0 bridgehead atoms. The molecule has 0 unspecified atom stereocenters. The Bertz CT molecular complexity index is 599. The van der Waals surface area contributed by atoms with Crippen molar-refractivity contribution in [1.82, 2.24) is 10.3 Å². The van der Waals surface area contributed by atoms with E-state index in [-0.39, 0.29) is 19.0 Å². The van der Waals surface area contributed by atoms with Crippen LogP contribution >= 0.6 is 11.3 Å². The van der Waals surface area contributed by atoms with E-state index in [2.05, 4.69) is 15.6 Å². The Morgan fingerprint density at radius 3 is 2.65 bits per heavy atom. The van der Waals surface area contributed by atoms with E-state index in [0.717, 1.165) is 5.56 Å². The Kier molecular flexibility index (Phi) is 4.67. The van der Waals surface area contributed by atoms with Gasteiger partial charge < -0.3 is 10.4 Å². The molecule has 7 heteroatoms. The number of urea groups is 1. The molecule has 0 aliphatic heterocycles. The lowest BCUT2D eigenvalue weighted by atomic mass is 10.0. The maximum Gasteiger partial charge on any atom is 0.321 e. The first kappa shape index (κ1) is 14.0. The van der Waals surface area contributed by atoms with Crippen LogP contribution in [0.3, 0.4) is 0 Å². The first-order valence-electron chi connectivity index (χ1n) is 5.88. The number of hydrogen-bond donors (Lipinski definition) is 3. The van der Waals surface area contributed by atoms with E-state index in [4.69, 9.17) is 5.11 Å². The van der Waals surface area contributed by atoms with Gasteiger partial charge in [-0.15, -0.1) is 11.3 Å². The summed E-state index contributed by atoms with van der Waals surface area (Å²) in [4.78, 5) is 26.3. The Labute approximate surface area is 119 Å². The monoisotopic (exact) mass is 291 g/mol. The number of carbonyl (C=O) groups is 2. The summed E-state index contributed by atoms with van der Waals surface area (Å²) in [6, 6.07) is 6.75. The predicted octanol–water partition coefficient (Wildman–Crippen LogP) is 2.09. The van der Waals surface area contributed by atoms with E-state index in [1.165, 1.54) is 11.3 Å². The molecular weight excluding hydrogens is 278 g/mol. The van der Waals surface area contributed by atoms with Crippen molar-refractivity contribution in [2.75, 3.05) is 5.32 Å². The molecule has 1 aromatic heterocycles.